The number of aliphatic hydroxyl groups excluding tert-OH is 1. The van der Waals surface area contributed by atoms with Crippen molar-refractivity contribution >= 4 is 17.5 Å². The number of aromatic amines is 1. The molecule has 0 spiro atoms. The predicted octanol–water partition coefficient (Wildman–Crippen LogP) is 0.315. The van der Waals surface area contributed by atoms with Crippen molar-refractivity contribution in [1.29, 1.82) is 0 Å². The number of carbonyl (C=O) groups excluding carboxylic acids is 2. The van der Waals surface area contributed by atoms with E-state index in [0.717, 1.165) is 5.69 Å². The topological polar surface area (TPSA) is 106 Å². The summed E-state index contributed by atoms with van der Waals surface area (Å²) in [5.41, 5.74) is 1.21. The summed E-state index contributed by atoms with van der Waals surface area (Å²) in [5, 5.41) is 17.0. The molecule has 0 aliphatic carbocycles. The van der Waals surface area contributed by atoms with E-state index in [2.05, 4.69) is 15.2 Å². The minimum Gasteiger partial charge on any atom is -0.396 e. The Labute approximate surface area is 175 Å². The van der Waals surface area contributed by atoms with E-state index in [1.807, 2.05) is 48.2 Å². The Hall–Kier alpha value is -2.94. The van der Waals surface area contributed by atoms with Crippen molar-refractivity contribution in [3.05, 3.63) is 41.5 Å². The van der Waals surface area contributed by atoms with Gasteiger partial charge in [-0.05, 0) is 31.2 Å². The standard InChI is InChI=1S/C21H28N6O3/c1-14-22-18(24-23-14)8-19(29)26-9-16-10-27(12-21(16,11-26)13-28)20(30)15-4-6-17(7-5-15)25(2)3/h4-7,16,28H,8-13H2,1-3H3,(H,22,23,24)/t16-,21+/m0/s1. The molecule has 9 heteroatoms. The Morgan fingerprint density at radius 2 is 1.87 bits per heavy atom. The number of nitrogens with one attached hydrogen (secondary N) is 1. The summed E-state index contributed by atoms with van der Waals surface area (Å²) in [4.78, 5) is 35.5. The molecular formula is C21H28N6O3. The van der Waals surface area contributed by atoms with Gasteiger partial charge in [0.1, 0.15) is 5.82 Å². The normalized spacial score (nSPS) is 23.0. The Balaban J connectivity index is 1.42. The highest BCUT2D eigenvalue weighted by atomic mass is 16.3. The van der Waals surface area contributed by atoms with Gasteiger partial charge in [-0.25, -0.2) is 4.98 Å². The summed E-state index contributed by atoms with van der Waals surface area (Å²) in [6.45, 7) is 3.71. The fraction of sp³-hybridized carbons (Fsp3) is 0.524. The number of hydrogen-bond donors (Lipinski definition) is 2. The number of aryl methyl sites for hydroxylation is 1. The zero-order chi connectivity index (χ0) is 21.5. The van der Waals surface area contributed by atoms with E-state index in [1.165, 1.54) is 0 Å². The predicted molar refractivity (Wildman–Crippen MR) is 111 cm³/mol. The highest BCUT2D eigenvalue weighted by molar-refractivity contribution is 5.95. The molecule has 3 heterocycles. The largest absolute Gasteiger partial charge is 0.396 e. The van der Waals surface area contributed by atoms with Crippen molar-refractivity contribution in [2.45, 2.75) is 13.3 Å². The molecule has 2 aliphatic rings. The average molecular weight is 412 g/mol. The lowest BCUT2D eigenvalue weighted by molar-refractivity contribution is -0.130. The van der Waals surface area contributed by atoms with Gasteiger partial charge in [0.05, 0.1) is 13.0 Å². The van der Waals surface area contributed by atoms with Crippen LogP contribution in [0, 0.1) is 18.3 Å². The van der Waals surface area contributed by atoms with Gasteiger partial charge in [0.15, 0.2) is 5.82 Å². The smallest absolute Gasteiger partial charge is 0.253 e. The van der Waals surface area contributed by atoms with Crippen LogP contribution in [0.1, 0.15) is 22.0 Å². The van der Waals surface area contributed by atoms with Gasteiger partial charge >= 0.3 is 0 Å². The lowest BCUT2D eigenvalue weighted by Crippen LogP contribution is -2.40. The number of aromatic nitrogens is 3. The molecule has 9 nitrogen and oxygen atoms in total. The van der Waals surface area contributed by atoms with Crippen molar-refractivity contribution in [3.63, 3.8) is 0 Å². The molecule has 2 atom stereocenters. The number of fused-ring (bicyclic) bond motifs is 1. The van der Waals surface area contributed by atoms with Crippen LogP contribution < -0.4 is 4.90 Å². The van der Waals surface area contributed by atoms with Crippen LogP contribution in [0.25, 0.3) is 0 Å². The Bertz CT molecular complexity index is 940. The average Bonchev–Trinajstić information content (AvgIpc) is 3.39. The number of hydrogen-bond acceptors (Lipinski definition) is 6. The van der Waals surface area contributed by atoms with Crippen molar-refractivity contribution in [3.8, 4) is 0 Å². The van der Waals surface area contributed by atoms with Crippen LogP contribution >= 0.6 is 0 Å². The summed E-state index contributed by atoms with van der Waals surface area (Å²) in [6, 6.07) is 7.53. The van der Waals surface area contributed by atoms with Gasteiger partial charge in [-0.3, -0.25) is 14.7 Å². The molecule has 0 bridgehead atoms. The molecule has 30 heavy (non-hydrogen) atoms. The maximum absolute atomic E-state index is 13.0. The first-order chi connectivity index (χ1) is 14.3. The summed E-state index contributed by atoms with van der Waals surface area (Å²) >= 11 is 0. The Morgan fingerprint density at radius 3 is 2.43 bits per heavy atom. The fourth-order valence-corrected chi connectivity index (χ4v) is 4.55. The van der Waals surface area contributed by atoms with Gasteiger partial charge in [-0.2, -0.15) is 5.10 Å². The lowest BCUT2D eigenvalue weighted by atomic mass is 9.82. The molecular weight excluding hydrogens is 384 g/mol. The molecule has 4 rings (SSSR count). The molecule has 0 unspecified atom stereocenters. The molecule has 1 aromatic heterocycles. The third kappa shape index (κ3) is 3.65. The molecule has 2 aromatic rings. The molecule has 2 saturated heterocycles. The Morgan fingerprint density at radius 1 is 1.20 bits per heavy atom. The summed E-state index contributed by atoms with van der Waals surface area (Å²) < 4.78 is 0. The van der Waals surface area contributed by atoms with Crippen LogP contribution in [-0.4, -0.2) is 88.8 Å². The van der Waals surface area contributed by atoms with E-state index >= 15 is 0 Å². The van der Waals surface area contributed by atoms with Gasteiger partial charge in [0.2, 0.25) is 5.91 Å². The zero-order valence-corrected chi connectivity index (χ0v) is 17.6. The van der Waals surface area contributed by atoms with Crippen molar-refractivity contribution in [2.24, 2.45) is 11.3 Å². The summed E-state index contributed by atoms with van der Waals surface area (Å²) in [6.07, 6.45) is 0.138. The van der Waals surface area contributed by atoms with Crippen LogP contribution in [0.4, 0.5) is 5.69 Å². The van der Waals surface area contributed by atoms with E-state index < -0.39 is 5.41 Å². The lowest BCUT2D eigenvalue weighted by Gasteiger charge is -2.27. The monoisotopic (exact) mass is 412 g/mol. The first kappa shape index (κ1) is 20.3. The van der Waals surface area contributed by atoms with Gasteiger partial charge < -0.3 is 19.8 Å². The number of benzene rings is 1. The minimum absolute atomic E-state index is 0.0309. The van der Waals surface area contributed by atoms with Crippen LogP contribution in [0.5, 0.6) is 0 Å². The number of nitrogens with zero attached hydrogens (tertiary/aromatic N) is 5. The molecule has 0 saturated carbocycles. The second-order valence-corrected chi connectivity index (χ2v) is 8.63. The molecule has 2 aliphatic heterocycles. The quantitative estimate of drug-likeness (QED) is 0.733. The van der Waals surface area contributed by atoms with Crippen LogP contribution in [0.15, 0.2) is 24.3 Å². The maximum atomic E-state index is 13.0. The van der Waals surface area contributed by atoms with E-state index in [-0.39, 0.29) is 30.8 Å². The number of anilines is 1. The van der Waals surface area contributed by atoms with Crippen LogP contribution in [0.3, 0.4) is 0 Å². The first-order valence-electron chi connectivity index (χ1n) is 10.1. The fourth-order valence-electron chi connectivity index (χ4n) is 4.55. The SMILES string of the molecule is Cc1nc(CC(=O)N2C[C@H]3CN(C(=O)c4ccc(N(C)C)cc4)C[C@@]3(CO)C2)n[nH]1. The maximum Gasteiger partial charge on any atom is 0.253 e. The summed E-state index contributed by atoms with van der Waals surface area (Å²) in [5.74, 6) is 1.14. The molecule has 2 amide bonds. The molecule has 0 radical (unpaired) electrons. The second kappa shape index (κ2) is 7.71. The highest BCUT2D eigenvalue weighted by Crippen LogP contribution is 2.42. The number of likely N-dealkylation sites (tertiary alicyclic amines) is 2. The van der Waals surface area contributed by atoms with Gasteiger partial charge in [-0.1, -0.05) is 0 Å². The summed E-state index contributed by atoms with van der Waals surface area (Å²) in [7, 11) is 3.92. The van der Waals surface area contributed by atoms with Gasteiger partial charge in [-0.15, -0.1) is 0 Å². The molecule has 160 valence electrons. The van der Waals surface area contributed by atoms with Gasteiger partial charge in [0, 0.05) is 62.9 Å². The second-order valence-electron chi connectivity index (χ2n) is 8.63. The van der Waals surface area contributed by atoms with Crippen molar-refractivity contribution in [1.82, 2.24) is 25.0 Å². The number of rotatable bonds is 5. The number of carbonyl (C=O) groups is 2. The van der Waals surface area contributed by atoms with Crippen LogP contribution in [0.2, 0.25) is 0 Å². The van der Waals surface area contributed by atoms with Gasteiger partial charge in [0.25, 0.3) is 5.91 Å². The van der Waals surface area contributed by atoms with Crippen LogP contribution in [-0.2, 0) is 11.2 Å². The first-order valence-corrected chi connectivity index (χ1v) is 10.1. The minimum atomic E-state index is -0.468. The number of H-pyrrole nitrogens is 1. The highest BCUT2D eigenvalue weighted by Gasteiger charge is 2.54. The van der Waals surface area contributed by atoms with E-state index in [1.54, 1.807) is 11.8 Å². The third-order valence-electron chi connectivity index (χ3n) is 6.30. The molecule has 1 aromatic carbocycles. The zero-order valence-electron chi connectivity index (χ0n) is 17.6. The molecule has 2 N–H and O–H groups in total. The van der Waals surface area contributed by atoms with E-state index in [4.69, 9.17) is 0 Å². The van der Waals surface area contributed by atoms with Crippen molar-refractivity contribution < 1.29 is 14.7 Å². The Kier molecular flexibility index (Phi) is 5.23. The van der Waals surface area contributed by atoms with Crippen molar-refractivity contribution in [2.75, 3.05) is 51.8 Å². The molecule has 2 fully saturated rings. The third-order valence-corrected chi connectivity index (χ3v) is 6.30. The number of aliphatic hydroxyl groups is 1. The number of amides is 2. The van der Waals surface area contributed by atoms with E-state index in [0.29, 0.717) is 43.4 Å². The van der Waals surface area contributed by atoms with E-state index in [9.17, 15) is 14.7 Å².